The molecule has 4 N–H and O–H groups in total. The highest BCUT2D eigenvalue weighted by atomic mass is 16.3. The molecular formula is C19H25N5O4. The second kappa shape index (κ2) is 8.39. The SMILES string of the molecule is Cc1n[nH]c(C)c1CNC(=O)[C@H]1C[C@H](NC(=O)Cn2ccccc2=O)[C@@H](O)C1. The van der Waals surface area contributed by atoms with E-state index in [2.05, 4.69) is 20.8 Å². The number of aromatic nitrogens is 3. The van der Waals surface area contributed by atoms with Crippen molar-refractivity contribution in [2.45, 2.75) is 51.9 Å². The number of aliphatic hydroxyl groups excluding tert-OH is 1. The zero-order valence-corrected chi connectivity index (χ0v) is 15.9. The van der Waals surface area contributed by atoms with Crippen LogP contribution in [0.4, 0.5) is 0 Å². The number of aryl methyl sites for hydroxylation is 2. The van der Waals surface area contributed by atoms with E-state index in [1.807, 2.05) is 13.8 Å². The lowest BCUT2D eigenvalue weighted by Gasteiger charge is -2.16. The highest BCUT2D eigenvalue weighted by Crippen LogP contribution is 2.26. The molecule has 9 heteroatoms. The maximum absolute atomic E-state index is 12.5. The first-order valence-electron chi connectivity index (χ1n) is 9.26. The van der Waals surface area contributed by atoms with Crippen LogP contribution in [0.1, 0.15) is 29.8 Å². The van der Waals surface area contributed by atoms with E-state index in [0.717, 1.165) is 17.0 Å². The summed E-state index contributed by atoms with van der Waals surface area (Å²) in [6.07, 6.45) is 1.37. The Kier molecular flexibility index (Phi) is 5.93. The molecule has 1 saturated carbocycles. The van der Waals surface area contributed by atoms with Gasteiger partial charge in [0, 0.05) is 36.0 Å². The monoisotopic (exact) mass is 387 g/mol. The van der Waals surface area contributed by atoms with Crippen LogP contribution in [0.3, 0.4) is 0 Å². The number of amides is 2. The van der Waals surface area contributed by atoms with Crippen molar-refractivity contribution >= 4 is 11.8 Å². The van der Waals surface area contributed by atoms with Gasteiger partial charge in [0.1, 0.15) is 6.54 Å². The highest BCUT2D eigenvalue weighted by Gasteiger charge is 2.37. The Labute approximate surface area is 162 Å². The van der Waals surface area contributed by atoms with Gasteiger partial charge in [-0.15, -0.1) is 0 Å². The minimum Gasteiger partial charge on any atom is -0.391 e. The van der Waals surface area contributed by atoms with Gasteiger partial charge in [-0.2, -0.15) is 5.10 Å². The molecule has 0 spiro atoms. The molecule has 28 heavy (non-hydrogen) atoms. The molecule has 9 nitrogen and oxygen atoms in total. The summed E-state index contributed by atoms with van der Waals surface area (Å²) >= 11 is 0. The van der Waals surface area contributed by atoms with Crippen LogP contribution in [0, 0.1) is 19.8 Å². The van der Waals surface area contributed by atoms with Gasteiger partial charge in [0.2, 0.25) is 11.8 Å². The summed E-state index contributed by atoms with van der Waals surface area (Å²) < 4.78 is 1.29. The molecule has 2 heterocycles. The van der Waals surface area contributed by atoms with Crippen LogP contribution in [-0.2, 0) is 22.7 Å². The number of nitrogens with one attached hydrogen (secondary N) is 3. The minimum atomic E-state index is -0.801. The van der Waals surface area contributed by atoms with Crippen LogP contribution in [0.2, 0.25) is 0 Å². The Hall–Kier alpha value is -2.94. The van der Waals surface area contributed by atoms with Gasteiger partial charge in [0.15, 0.2) is 0 Å². The normalized spacial score (nSPS) is 21.5. The smallest absolute Gasteiger partial charge is 0.250 e. The molecule has 2 aromatic rings. The number of carbonyl (C=O) groups is 2. The van der Waals surface area contributed by atoms with Crippen molar-refractivity contribution in [3.63, 3.8) is 0 Å². The van der Waals surface area contributed by atoms with E-state index in [4.69, 9.17) is 0 Å². The summed E-state index contributed by atoms with van der Waals surface area (Å²) in [5.41, 5.74) is 2.42. The molecule has 2 amide bonds. The van der Waals surface area contributed by atoms with E-state index in [-0.39, 0.29) is 36.3 Å². The van der Waals surface area contributed by atoms with Crippen molar-refractivity contribution in [1.82, 2.24) is 25.4 Å². The Balaban J connectivity index is 1.52. The van der Waals surface area contributed by atoms with E-state index in [9.17, 15) is 19.5 Å². The van der Waals surface area contributed by atoms with E-state index in [1.54, 1.807) is 12.1 Å². The van der Waals surface area contributed by atoms with Gasteiger partial charge < -0.3 is 20.3 Å². The van der Waals surface area contributed by atoms with E-state index in [0.29, 0.717) is 13.0 Å². The second-order valence-electron chi connectivity index (χ2n) is 7.21. The third-order valence-corrected chi connectivity index (χ3v) is 5.18. The van der Waals surface area contributed by atoms with Gasteiger partial charge >= 0.3 is 0 Å². The van der Waals surface area contributed by atoms with Gasteiger partial charge in [0.25, 0.3) is 5.56 Å². The zero-order valence-electron chi connectivity index (χ0n) is 15.9. The molecule has 0 saturated heterocycles. The molecule has 1 aliphatic carbocycles. The minimum absolute atomic E-state index is 0.126. The lowest BCUT2D eigenvalue weighted by Crippen LogP contribution is -2.42. The summed E-state index contributed by atoms with van der Waals surface area (Å²) in [6, 6.07) is 4.14. The van der Waals surface area contributed by atoms with Crippen LogP contribution in [0.5, 0.6) is 0 Å². The van der Waals surface area contributed by atoms with Crippen molar-refractivity contribution in [2.24, 2.45) is 5.92 Å². The molecule has 0 radical (unpaired) electrons. The van der Waals surface area contributed by atoms with Crippen LogP contribution in [-0.4, -0.2) is 43.8 Å². The average molecular weight is 387 g/mol. The van der Waals surface area contributed by atoms with Crippen molar-refractivity contribution < 1.29 is 14.7 Å². The number of aliphatic hydroxyl groups is 1. The van der Waals surface area contributed by atoms with Crippen LogP contribution in [0.15, 0.2) is 29.2 Å². The average Bonchev–Trinajstić information content (AvgIpc) is 3.17. The van der Waals surface area contributed by atoms with Crippen molar-refractivity contribution in [2.75, 3.05) is 0 Å². The second-order valence-corrected chi connectivity index (χ2v) is 7.21. The Bertz CT molecular complexity index is 900. The number of pyridine rings is 1. The van der Waals surface area contributed by atoms with Gasteiger partial charge in [0.05, 0.1) is 17.8 Å². The number of aromatic amines is 1. The van der Waals surface area contributed by atoms with Crippen molar-refractivity contribution in [1.29, 1.82) is 0 Å². The zero-order chi connectivity index (χ0) is 20.3. The molecule has 0 aliphatic heterocycles. The molecule has 1 fully saturated rings. The number of hydrogen-bond donors (Lipinski definition) is 4. The summed E-state index contributed by atoms with van der Waals surface area (Å²) in [4.78, 5) is 36.4. The van der Waals surface area contributed by atoms with Crippen LogP contribution >= 0.6 is 0 Å². The quantitative estimate of drug-likeness (QED) is 0.544. The maximum atomic E-state index is 12.5. The molecule has 2 aromatic heterocycles. The standard InChI is InChI=1S/C19H25N5O4/c1-11-14(12(2)23-22-11)9-20-19(28)13-7-15(16(25)8-13)21-17(26)10-24-6-4-3-5-18(24)27/h3-6,13,15-16,25H,7-10H2,1-2H3,(H,20,28)(H,21,26)(H,22,23)/t13-,15-,16-/m0/s1. The fraction of sp³-hybridized carbons (Fsp3) is 0.474. The van der Waals surface area contributed by atoms with E-state index in [1.165, 1.54) is 16.8 Å². The predicted molar refractivity (Wildman–Crippen MR) is 101 cm³/mol. The lowest BCUT2D eigenvalue weighted by molar-refractivity contribution is -0.125. The third-order valence-electron chi connectivity index (χ3n) is 5.18. The van der Waals surface area contributed by atoms with Crippen LogP contribution < -0.4 is 16.2 Å². The number of hydrogen-bond acceptors (Lipinski definition) is 5. The van der Waals surface area contributed by atoms with Crippen LogP contribution in [0.25, 0.3) is 0 Å². The molecule has 0 bridgehead atoms. The fourth-order valence-electron chi connectivity index (χ4n) is 3.54. The summed E-state index contributed by atoms with van der Waals surface area (Å²) in [5.74, 6) is -0.912. The summed E-state index contributed by atoms with van der Waals surface area (Å²) in [7, 11) is 0. The summed E-state index contributed by atoms with van der Waals surface area (Å²) in [6.45, 7) is 4.00. The van der Waals surface area contributed by atoms with Gasteiger partial charge in [-0.25, -0.2) is 0 Å². The van der Waals surface area contributed by atoms with Crippen molar-refractivity contribution in [3.05, 3.63) is 51.7 Å². The first kappa shape index (κ1) is 19.8. The highest BCUT2D eigenvalue weighted by molar-refractivity contribution is 5.80. The molecular weight excluding hydrogens is 362 g/mol. The Morgan fingerprint density at radius 3 is 2.79 bits per heavy atom. The van der Waals surface area contributed by atoms with E-state index < -0.39 is 12.1 Å². The molecule has 0 unspecified atom stereocenters. The fourth-order valence-corrected chi connectivity index (χ4v) is 3.54. The van der Waals surface area contributed by atoms with E-state index >= 15 is 0 Å². The predicted octanol–water partition coefficient (Wildman–Crippen LogP) is -0.240. The van der Waals surface area contributed by atoms with Gasteiger partial charge in [-0.05, 0) is 32.8 Å². The number of nitrogens with zero attached hydrogens (tertiary/aromatic N) is 2. The molecule has 3 rings (SSSR count). The van der Waals surface area contributed by atoms with Gasteiger partial charge in [-0.3, -0.25) is 19.5 Å². The third kappa shape index (κ3) is 4.48. The Morgan fingerprint density at radius 1 is 1.32 bits per heavy atom. The number of H-pyrrole nitrogens is 1. The molecule has 150 valence electrons. The topological polar surface area (TPSA) is 129 Å². The molecule has 1 aliphatic rings. The summed E-state index contributed by atoms with van der Waals surface area (Å²) in [5, 5.41) is 22.8. The number of carbonyl (C=O) groups excluding carboxylic acids is 2. The molecule has 3 atom stereocenters. The molecule has 0 aromatic carbocycles. The largest absolute Gasteiger partial charge is 0.391 e. The lowest BCUT2D eigenvalue weighted by atomic mass is 10.1. The first-order chi connectivity index (χ1) is 13.3. The number of rotatable bonds is 6. The maximum Gasteiger partial charge on any atom is 0.250 e. The van der Waals surface area contributed by atoms with Gasteiger partial charge in [-0.1, -0.05) is 6.07 Å². The van der Waals surface area contributed by atoms with Crippen molar-refractivity contribution in [3.8, 4) is 0 Å². The Morgan fingerprint density at radius 2 is 2.11 bits per heavy atom. The first-order valence-corrected chi connectivity index (χ1v) is 9.26.